The number of likely N-dealkylation sites (tertiary alicyclic amines) is 1. The van der Waals surface area contributed by atoms with E-state index in [0.717, 1.165) is 12.8 Å². The van der Waals surface area contributed by atoms with Gasteiger partial charge >= 0.3 is 0 Å². The predicted molar refractivity (Wildman–Crippen MR) is 74.0 cm³/mol. The summed E-state index contributed by atoms with van der Waals surface area (Å²) >= 11 is 0. The van der Waals surface area contributed by atoms with Gasteiger partial charge < -0.3 is 15.2 Å². The summed E-state index contributed by atoms with van der Waals surface area (Å²) in [6, 6.07) is 3.35. The van der Waals surface area contributed by atoms with E-state index in [1.165, 1.54) is 4.57 Å². The van der Waals surface area contributed by atoms with Gasteiger partial charge in [0, 0.05) is 32.4 Å². The molecule has 2 rings (SSSR count). The molecular weight excluding hydrogens is 242 g/mol. The standard InChI is InChI=1S/C14H21N3O2/c1-10-5-3-8-17(12(10)9-15)14(19)11-6-4-7-16(2)13(11)18/h4,6-7,10,12H,3,5,8-9,15H2,1-2H3/t10-,12-/m0/s1. The van der Waals surface area contributed by atoms with Crippen molar-refractivity contribution in [2.45, 2.75) is 25.8 Å². The van der Waals surface area contributed by atoms with Gasteiger partial charge in [0.1, 0.15) is 5.56 Å². The first-order chi connectivity index (χ1) is 9.06. The number of hydrogen-bond donors (Lipinski definition) is 1. The zero-order valence-electron chi connectivity index (χ0n) is 11.5. The average Bonchev–Trinajstić information content (AvgIpc) is 2.41. The first-order valence-corrected chi connectivity index (χ1v) is 6.73. The van der Waals surface area contributed by atoms with Gasteiger partial charge in [-0.1, -0.05) is 6.92 Å². The van der Waals surface area contributed by atoms with Crippen molar-refractivity contribution in [1.29, 1.82) is 0 Å². The summed E-state index contributed by atoms with van der Waals surface area (Å²) in [5.41, 5.74) is 5.78. The topological polar surface area (TPSA) is 68.3 Å². The molecule has 1 saturated heterocycles. The molecule has 0 aromatic carbocycles. The number of hydrogen-bond acceptors (Lipinski definition) is 3. The van der Waals surface area contributed by atoms with Crippen LogP contribution in [0.25, 0.3) is 0 Å². The smallest absolute Gasteiger partial charge is 0.263 e. The third-order valence-corrected chi connectivity index (χ3v) is 3.97. The quantitative estimate of drug-likeness (QED) is 0.849. The lowest BCUT2D eigenvalue weighted by molar-refractivity contribution is 0.0530. The van der Waals surface area contributed by atoms with Crippen molar-refractivity contribution in [3.63, 3.8) is 0 Å². The second-order valence-electron chi connectivity index (χ2n) is 5.26. The lowest BCUT2D eigenvalue weighted by Crippen LogP contribution is -2.52. The molecule has 104 valence electrons. The number of carbonyl (C=O) groups is 1. The van der Waals surface area contributed by atoms with Gasteiger partial charge in [0.15, 0.2) is 0 Å². The Bertz CT molecular complexity index is 524. The SMILES string of the molecule is C[C@H]1CCCN(C(=O)c2cccn(C)c2=O)[C@H]1CN. The Morgan fingerprint density at radius 3 is 2.95 bits per heavy atom. The second-order valence-corrected chi connectivity index (χ2v) is 5.26. The van der Waals surface area contributed by atoms with Crippen molar-refractivity contribution in [2.75, 3.05) is 13.1 Å². The molecule has 2 atom stereocenters. The summed E-state index contributed by atoms with van der Waals surface area (Å²) in [4.78, 5) is 26.3. The highest BCUT2D eigenvalue weighted by Gasteiger charge is 2.32. The third kappa shape index (κ3) is 2.56. The Labute approximate surface area is 113 Å². The van der Waals surface area contributed by atoms with Crippen LogP contribution in [0.5, 0.6) is 0 Å². The van der Waals surface area contributed by atoms with Crippen molar-refractivity contribution in [3.8, 4) is 0 Å². The number of rotatable bonds is 2. The predicted octanol–water partition coefficient (Wildman–Crippen LogP) is 0.585. The van der Waals surface area contributed by atoms with E-state index < -0.39 is 0 Å². The van der Waals surface area contributed by atoms with Gasteiger partial charge in [0.25, 0.3) is 11.5 Å². The van der Waals surface area contributed by atoms with Gasteiger partial charge in [-0.25, -0.2) is 0 Å². The molecule has 1 fully saturated rings. The Balaban J connectivity index is 2.32. The van der Waals surface area contributed by atoms with E-state index in [9.17, 15) is 9.59 Å². The molecule has 2 heterocycles. The minimum atomic E-state index is -0.249. The van der Waals surface area contributed by atoms with Crippen LogP contribution in [0.4, 0.5) is 0 Å². The molecule has 1 amide bonds. The average molecular weight is 263 g/mol. The minimum absolute atomic E-state index is 0.0335. The third-order valence-electron chi connectivity index (χ3n) is 3.97. The Hall–Kier alpha value is -1.62. The van der Waals surface area contributed by atoms with Crippen LogP contribution in [0.15, 0.2) is 23.1 Å². The molecule has 0 unspecified atom stereocenters. The Morgan fingerprint density at radius 1 is 1.53 bits per heavy atom. The van der Waals surface area contributed by atoms with Crippen LogP contribution in [0.1, 0.15) is 30.1 Å². The molecule has 1 aromatic rings. The molecule has 0 aliphatic carbocycles. The fourth-order valence-electron chi connectivity index (χ4n) is 2.78. The molecule has 1 aromatic heterocycles. The molecule has 19 heavy (non-hydrogen) atoms. The van der Waals surface area contributed by atoms with Crippen LogP contribution in [0.3, 0.4) is 0 Å². The second kappa shape index (κ2) is 5.57. The van der Waals surface area contributed by atoms with Gasteiger partial charge in [-0.05, 0) is 30.9 Å². The number of aryl methyl sites for hydroxylation is 1. The lowest BCUT2D eigenvalue weighted by atomic mass is 9.90. The van der Waals surface area contributed by atoms with E-state index in [1.54, 1.807) is 30.3 Å². The molecule has 1 aliphatic heterocycles. The minimum Gasteiger partial charge on any atom is -0.334 e. The first-order valence-electron chi connectivity index (χ1n) is 6.73. The largest absolute Gasteiger partial charge is 0.334 e. The maximum absolute atomic E-state index is 12.5. The number of piperidine rings is 1. The van der Waals surface area contributed by atoms with E-state index in [4.69, 9.17) is 5.73 Å². The summed E-state index contributed by atoms with van der Waals surface area (Å²) in [7, 11) is 1.65. The molecule has 2 N–H and O–H groups in total. The molecule has 1 aliphatic rings. The van der Waals surface area contributed by atoms with Crippen LogP contribution >= 0.6 is 0 Å². The molecule has 0 saturated carbocycles. The van der Waals surface area contributed by atoms with Gasteiger partial charge in [-0.2, -0.15) is 0 Å². The van der Waals surface area contributed by atoms with E-state index >= 15 is 0 Å². The van der Waals surface area contributed by atoms with Gasteiger partial charge in [-0.3, -0.25) is 9.59 Å². The number of amides is 1. The fourth-order valence-corrected chi connectivity index (χ4v) is 2.78. The van der Waals surface area contributed by atoms with Crippen molar-refractivity contribution < 1.29 is 4.79 Å². The van der Waals surface area contributed by atoms with E-state index in [2.05, 4.69) is 6.92 Å². The maximum Gasteiger partial charge on any atom is 0.263 e. The highest BCUT2D eigenvalue weighted by Crippen LogP contribution is 2.23. The van der Waals surface area contributed by atoms with Crippen molar-refractivity contribution >= 4 is 5.91 Å². The van der Waals surface area contributed by atoms with Gasteiger partial charge in [0.2, 0.25) is 0 Å². The van der Waals surface area contributed by atoms with Crippen molar-refractivity contribution in [1.82, 2.24) is 9.47 Å². The number of carbonyl (C=O) groups excluding carboxylic acids is 1. The van der Waals surface area contributed by atoms with E-state index in [1.807, 2.05) is 0 Å². The molecular formula is C14H21N3O2. The molecule has 0 spiro atoms. The number of aromatic nitrogens is 1. The monoisotopic (exact) mass is 263 g/mol. The highest BCUT2D eigenvalue weighted by molar-refractivity contribution is 5.94. The van der Waals surface area contributed by atoms with Crippen molar-refractivity contribution in [3.05, 3.63) is 34.2 Å². The zero-order valence-corrected chi connectivity index (χ0v) is 11.5. The summed E-state index contributed by atoms with van der Waals surface area (Å²) in [5, 5.41) is 0. The molecule has 5 nitrogen and oxygen atoms in total. The number of nitrogens with zero attached hydrogens (tertiary/aromatic N) is 2. The number of pyridine rings is 1. The van der Waals surface area contributed by atoms with Crippen LogP contribution in [0, 0.1) is 5.92 Å². The summed E-state index contributed by atoms with van der Waals surface area (Å²) in [6.07, 6.45) is 3.70. The van der Waals surface area contributed by atoms with Gasteiger partial charge in [0.05, 0.1) is 0 Å². The zero-order chi connectivity index (χ0) is 14.0. The Kier molecular flexibility index (Phi) is 4.04. The van der Waals surface area contributed by atoms with Crippen molar-refractivity contribution in [2.24, 2.45) is 18.7 Å². The summed E-state index contributed by atoms with van der Waals surface area (Å²) in [5.74, 6) is 0.193. The maximum atomic E-state index is 12.5. The van der Waals surface area contributed by atoms with Crippen LogP contribution < -0.4 is 11.3 Å². The van der Waals surface area contributed by atoms with Crippen LogP contribution in [0.2, 0.25) is 0 Å². The summed E-state index contributed by atoms with van der Waals surface area (Å²) < 4.78 is 1.43. The summed E-state index contributed by atoms with van der Waals surface area (Å²) in [6.45, 7) is 3.24. The fraction of sp³-hybridized carbons (Fsp3) is 0.571. The highest BCUT2D eigenvalue weighted by atomic mass is 16.2. The van der Waals surface area contributed by atoms with Crippen LogP contribution in [-0.4, -0.2) is 34.5 Å². The molecule has 5 heteroatoms. The first kappa shape index (κ1) is 13.8. The molecule has 0 bridgehead atoms. The normalized spacial score (nSPS) is 23.4. The number of nitrogens with two attached hydrogens (primary N) is 1. The van der Waals surface area contributed by atoms with Crippen LogP contribution in [-0.2, 0) is 7.05 Å². The van der Waals surface area contributed by atoms with E-state index in [0.29, 0.717) is 19.0 Å². The lowest BCUT2D eigenvalue weighted by Gasteiger charge is -2.39. The molecule has 0 radical (unpaired) electrons. The Morgan fingerprint density at radius 2 is 2.26 bits per heavy atom. The van der Waals surface area contributed by atoms with Gasteiger partial charge in [-0.15, -0.1) is 0 Å². The van der Waals surface area contributed by atoms with E-state index in [-0.39, 0.29) is 23.1 Å².